The lowest BCUT2D eigenvalue weighted by atomic mass is 10.1. The number of esters is 1. The molecule has 11 nitrogen and oxygen atoms in total. The summed E-state index contributed by atoms with van der Waals surface area (Å²) in [6.07, 6.45) is -0.542. The Bertz CT molecular complexity index is 1100. The lowest BCUT2D eigenvalue weighted by molar-refractivity contribution is -0.384. The summed E-state index contributed by atoms with van der Waals surface area (Å²) in [6, 6.07) is 6.69. The van der Waals surface area contributed by atoms with E-state index in [2.05, 4.69) is 10.2 Å². The van der Waals surface area contributed by atoms with Crippen LogP contribution in [0.4, 0.5) is 22.0 Å². The first-order valence-corrected chi connectivity index (χ1v) is 10.7. The normalized spacial score (nSPS) is 19.5. The van der Waals surface area contributed by atoms with Crippen LogP contribution in [0.25, 0.3) is 0 Å². The van der Waals surface area contributed by atoms with Gasteiger partial charge in [0.05, 0.1) is 35.3 Å². The number of aromatic nitrogens is 2. The van der Waals surface area contributed by atoms with Crippen molar-refractivity contribution in [3.8, 4) is 0 Å². The molecule has 1 aromatic carbocycles. The molecule has 0 bridgehead atoms. The molecular formula is C21H22ClN5O6. The minimum absolute atomic E-state index is 0.110. The van der Waals surface area contributed by atoms with E-state index in [-0.39, 0.29) is 29.0 Å². The van der Waals surface area contributed by atoms with E-state index in [1.807, 2.05) is 4.90 Å². The van der Waals surface area contributed by atoms with Gasteiger partial charge < -0.3 is 14.4 Å². The number of amides is 1. The molecule has 2 aliphatic heterocycles. The fourth-order valence-electron chi connectivity index (χ4n) is 3.90. The van der Waals surface area contributed by atoms with Gasteiger partial charge in [0.2, 0.25) is 0 Å². The predicted molar refractivity (Wildman–Crippen MR) is 119 cm³/mol. The largest absolute Gasteiger partial charge is 0.457 e. The second-order valence-corrected chi connectivity index (χ2v) is 9.23. The maximum atomic E-state index is 12.8. The average Bonchev–Trinajstić information content (AvgIpc) is 3.14. The maximum Gasteiger partial charge on any atom is 0.416 e. The molecule has 0 saturated carbocycles. The topological polar surface area (TPSA) is 128 Å². The molecule has 33 heavy (non-hydrogen) atoms. The van der Waals surface area contributed by atoms with Crippen LogP contribution in [-0.2, 0) is 9.47 Å². The van der Waals surface area contributed by atoms with Crippen LogP contribution in [0.5, 0.6) is 0 Å². The van der Waals surface area contributed by atoms with Crippen molar-refractivity contribution in [2.24, 2.45) is 0 Å². The van der Waals surface area contributed by atoms with Gasteiger partial charge in [-0.15, -0.1) is 10.2 Å². The van der Waals surface area contributed by atoms with Crippen molar-refractivity contribution in [3.63, 3.8) is 0 Å². The third-order valence-corrected chi connectivity index (χ3v) is 5.45. The van der Waals surface area contributed by atoms with Gasteiger partial charge in [0.15, 0.2) is 11.0 Å². The Balaban J connectivity index is 1.52. The number of carbonyl (C=O) groups is 2. The molecule has 0 N–H and O–H groups in total. The minimum Gasteiger partial charge on any atom is -0.457 e. The number of benzene rings is 1. The van der Waals surface area contributed by atoms with Crippen LogP contribution in [-0.4, -0.2) is 58.0 Å². The molecule has 1 fully saturated rings. The molecule has 4 rings (SSSR count). The molecule has 0 aliphatic carbocycles. The molecule has 2 atom stereocenters. The molecular weight excluding hydrogens is 454 g/mol. The van der Waals surface area contributed by atoms with Crippen molar-refractivity contribution in [1.29, 1.82) is 0 Å². The SMILES string of the molecule is CC(C)(C)OC(=O)N1C[C@@H]2C[C@H](OC(=O)c3ccc([N+](=O)[O-])cc3)CN2c2cc(Cl)nnc21. The number of ether oxygens (including phenoxy) is 2. The molecule has 1 saturated heterocycles. The molecule has 0 radical (unpaired) electrons. The van der Waals surface area contributed by atoms with Gasteiger partial charge in [-0.2, -0.15) is 0 Å². The van der Waals surface area contributed by atoms with Gasteiger partial charge in [-0.3, -0.25) is 15.0 Å². The molecule has 3 heterocycles. The Morgan fingerprint density at radius 2 is 1.88 bits per heavy atom. The summed E-state index contributed by atoms with van der Waals surface area (Å²) in [5, 5.41) is 19.0. The summed E-state index contributed by atoms with van der Waals surface area (Å²) in [7, 11) is 0. The smallest absolute Gasteiger partial charge is 0.416 e. The number of nitrogens with zero attached hydrogens (tertiary/aromatic N) is 5. The van der Waals surface area contributed by atoms with Crippen molar-refractivity contribution in [3.05, 3.63) is 51.2 Å². The summed E-state index contributed by atoms with van der Waals surface area (Å²) in [4.78, 5) is 39.1. The lowest BCUT2D eigenvalue weighted by Gasteiger charge is -2.38. The second-order valence-electron chi connectivity index (χ2n) is 8.84. The van der Waals surface area contributed by atoms with E-state index in [0.717, 1.165) is 0 Å². The van der Waals surface area contributed by atoms with Gasteiger partial charge in [-0.25, -0.2) is 9.59 Å². The van der Waals surface area contributed by atoms with E-state index in [9.17, 15) is 19.7 Å². The van der Waals surface area contributed by atoms with E-state index < -0.39 is 28.7 Å². The number of hydrogen-bond acceptors (Lipinski definition) is 9. The number of carbonyl (C=O) groups excluding carboxylic acids is 2. The van der Waals surface area contributed by atoms with Crippen LogP contribution in [0, 0.1) is 10.1 Å². The van der Waals surface area contributed by atoms with Crippen LogP contribution in [0.3, 0.4) is 0 Å². The van der Waals surface area contributed by atoms with Gasteiger partial charge >= 0.3 is 12.1 Å². The number of fused-ring (bicyclic) bond motifs is 3. The number of nitro groups is 1. The molecule has 1 amide bonds. The fourth-order valence-corrected chi connectivity index (χ4v) is 4.04. The van der Waals surface area contributed by atoms with Crippen LogP contribution in [0.2, 0.25) is 5.15 Å². The van der Waals surface area contributed by atoms with Crippen molar-refractivity contribution in [1.82, 2.24) is 10.2 Å². The lowest BCUT2D eigenvalue weighted by Crippen LogP contribution is -2.50. The van der Waals surface area contributed by atoms with Gasteiger partial charge in [-0.1, -0.05) is 11.6 Å². The molecule has 0 unspecified atom stereocenters. The Kier molecular flexibility index (Phi) is 5.83. The van der Waals surface area contributed by atoms with E-state index in [4.69, 9.17) is 21.1 Å². The van der Waals surface area contributed by atoms with Gasteiger partial charge in [0.1, 0.15) is 11.7 Å². The third kappa shape index (κ3) is 4.82. The number of rotatable bonds is 3. The van der Waals surface area contributed by atoms with E-state index in [1.165, 1.54) is 29.2 Å². The van der Waals surface area contributed by atoms with Crippen molar-refractivity contribution < 1.29 is 24.0 Å². The minimum atomic E-state index is -0.688. The van der Waals surface area contributed by atoms with E-state index in [1.54, 1.807) is 26.8 Å². The molecule has 2 aliphatic rings. The first-order chi connectivity index (χ1) is 15.5. The summed E-state index contributed by atoms with van der Waals surface area (Å²) in [6.45, 7) is 5.99. The monoisotopic (exact) mass is 475 g/mol. The Morgan fingerprint density at radius 3 is 2.52 bits per heavy atom. The van der Waals surface area contributed by atoms with Crippen LogP contribution < -0.4 is 9.80 Å². The standard InChI is InChI=1S/C21H22ClN5O6/c1-21(2,3)33-20(29)26-10-14-8-15(11-25(14)16-9-17(22)23-24-18(16)26)32-19(28)12-4-6-13(7-5-12)27(30)31/h4-7,9,14-15H,8,10-11H2,1-3H3/t14-,15-/m0/s1. The molecule has 2 aromatic rings. The Morgan fingerprint density at radius 1 is 1.18 bits per heavy atom. The van der Waals surface area contributed by atoms with E-state index >= 15 is 0 Å². The number of nitro benzene ring substituents is 1. The summed E-state index contributed by atoms with van der Waals surface area (Å²) >= 11 is 6.07. The zero-order valence-electron chi connectivity index (χ0n) is 18.2. The number of anilines is 2. The predicted octanol–water partition coefficient (Wildman–Crippen LogP) is 3.60. The summed E-state index contributed by atoms with van der Waals surface area (Å²) in [5.41, 5.74) is 0.0229. The average molecular weight is 476 g/mol. The number of hydrogen-bond donors (Lipinski definition) is 0. The van der Waals surface area contributed by atoms with Crippen molar-refractivity contribution in [2.45, 2.75) is 44.9 Å². The first kappa shape index (κ1) is 22.7. The van der Waals surface area contributed by atoms with Gasteiger partial charge in [0.25, 0.3) is 5.69 Å². The molecule has 12 heteroatoms. The number of non-ortho nitro benzene ring substituents is 1. The zero-order valence-corrected chi connectivity index (χ0v) is 19.0. The van der Waals surface area contributed by atoms with Crippen molar-refractivity contribution >= 4 is 40.9 Å². The Hall–Kier alpha value is -3.47. The van der Waals surface area contributed by atoms with Gasteiger partial charge in [-0.05, 0) is 32.9 Å². The first-order valence-electron chi connectivity index (χ1n) is 10.3. The highest BCUT2D eigenvalue weighted by Gasteiger charge is 2.44. The molecule has 1 aromatic heterocycles. The highest BCUT2D eigenvalue weighted by atomic mass is 35.5. The quantitative estimate of drug-likeness (QED) is 0.371. The molecule has 0 spiro atoms. The summed E-state index contributed by atoms with van der Waals surface area (Å²) < 4.78 is 11.2. The van der Waals surface area contributed by atoms with Crippen LogP contribution in [0.15, 0.2) is 30.3 Å². The fraction of sp³-hybridized carbons (Fsp3) is 0.429. The zero-order chi connectivity index (χ0) is 23.9. The maximum absolute atomic E-state index is 12.8. The highest BCUT2D eigenvalue weighted by molar-refractivity contribution is 6.29. The van der Waals surface area contributed by atoms with E-state index in [0.29, 0.717) is 24.5 Å². The third-order valence-electron chi connectivity index (χ3n) is 5.26. The highest BCUT2D eigenvalue weighted by Crippen LogP contribution is 2.40. The number of halogens is 1. The Labute approximate surface area is 194 Å². The molecule has 174 valence electrons. The van der Waals surface area contributed by atoms with Crippen LogP contribution in [0.1, 0.15) is 37.6 Å². The summed E-state index contributed by atoms with van der Waals surface area (Å²) in [5.74, 6) is -0.253. The second kappa shape index (κ2) is 8.47. The van der Waals surface area contributed by atoms with Crippen molar-refractivity contribution in [2.75, 3.05) is 22.9 Å². The van der Waals surface area contributed by atoms with Crippen LogP contribution >= 0.6 is 11.6 Å². The van der Waals surface area contributed by atoms with Gasteiger partial charge in [0, 0.05) is 24.6 Å².